The number of hydrogen-bond acceptors (Lipinski definition) is 7. The molecule has 114 valence electrons. The quantitative estimate of drug-likeness (QED) is 0.423. The first kappa shape index (κ1) is 13.6. The van der Waals surface area contributed by atoms with E-state index in [4.69, 9.17) is 4.42 Å². The topological polar surface area (TPSA) is 99.4 Å². The molecule has 23 heavy (non-hydrogen) atoms. The molecule has 0 saturated carbocycles. The lowest BCUT2D eigenvalue weighted by Gasteiger charge is -1.99. The number of nitro groups is 1. The van der Waals surface area contributed by atoms with Crippen molar-refractivity contribution in [2.45, 2.75) is 6.92 Å². The minimum atomic E-state index is -0.395. The van der Waals surface area contributed by atoms with Crippen molar-refractivity contribution in [3.05, 3.63) is 52.3 Å². The maximum atomic E-state index is 11.1. The van der Waals surface area contributed by atoms with Gasteiger partial charge in [0, 0.05) is 17.2 Å². The lowest BCUT2D eigenvalue weighted by atomic mass is 10.1. The Morgan fingerprint density at radius 2 is 2.17 bits per heavy atom. The zero-order valence-electron chi connectivity index (χ0n) is 11.8. The summed E-state index contributed by atoms with van der Waals surface area (Å²) in [5.41, 5.74) is 1.35. The normalized spacial score (nSPS) is 11.2. The van der Waals surface area contributed by atoms with Crippen LogP contribution in [0.5, 0.6) is 0 Å². The van der Waals surface area contributed by atoms with Crippen molar-refractivity contribution >= 4 is 22.0 Å². The first-order chi connectivity index (χ1) is 11.1. The Bertz CT molecular complexity index is 1020. The third kappa shape index (κ3) is 2.18. The Morgan fingerprint density at radius 1 is 1.30 bits per heavy atom. The molecule has 4 aromatic rings. The first-order valence-corrected chi connectivity index (χ1v) is 7.46. The molecule has 0 radical (unpaired) electrons. The molecule has 0 amide bonds. The molecule has 0 unspecified atom stereocenters. The number of aryl methyl sites for hydroxylation is 1. The second-order valence-electron chi connectivity index (χ2n) is 4.86. The molecule has 0 atom stereocenters. The number of hydrogen-bond donors (Lipinski definition) is 0. The predicted molar refractivity (Wildman–Crippen MR) is 83.2 cm³/mol. The van der Waals surface area contributed by atoms with Gasteiger partial charge in [-0.15, -0.1) is 10.2 Å². The molecule has 0 saturated heterocycles. The lowest BCUT2D eigenvalue weighted by Crippen LogP contribution is -1.93. The predicted octanol–water partition coefficient (Wildman–Crippen LogP) is 3.33. The molecule has 1 aromatic carbocycles. The molecule has 0 N–H and O–H groups in total. The number of nitrogens with zero attached hydrogens (tertiary/aromatic N) is 5. The molecule has 9 heteroatoms. The van der Waals surface area contributed by atoms with E-state index in [1.54, 1.807) is 42.0 Å². The van der Waals surface area contributed by atoms with Crippen LogP contribution in [0.25, 0.3) is 27.1 Å². The SMILES string of the molecule is Cc1ccc(-c2nn3c(-c4ccco4)nnc3s2)cc1[N+](=O)[O-]. The molecule has 0 aliphatic heterocycles. The van der Waals surface area contributed by atoms with Crippen LogP contribution >= 0.6 is 11.3 Å². The molecule has 0 aliphatic carbocycles. The molecular weight excluding hydrogens is 318 g/mol. The van der Waals surface area contributed by atoms with Gasteiger partial charge in [0.25, 0.3) is 5.69 Å². The highest BCUT2D eigenvalue weighted by Gasteiger charge is 2.18. The molecule has 3 aromatic heterocycles. The van der Waals surface area contributed by atoms with Gasteiger partial charge in [0.2, 0.25) is 10.8 Å². The summed E-state index contributed by atoms with van der Waals surface area (Å²) in [7, 11) is 0. The van der Waals surface area contributed by atoms with E-state index < -0.39 is 4.92 Å². The summed E-state index contributed by atoms with van der Waals surface area (Å²) >= 11 is 1.31. The van der Waals surface area contributed by atoms with Crippen LogP contribution in [0.2, 0.25) is 0 Å². The van der Waals surface area contributed by atoms with Crippen LogP contribution in [0.15, 0.2) is 41.0 Å². The van der Waals surface area contributed by atoms with E-state index in [9.17, 15) is 10.1 Å². The van der Waals surface area contributed by atoms with Gasteiger partial charge < -0.3 is 4.42 Å². The fourth-order valence-corrected chi connectivity index (χ4v) is 3.07. The summed E-state index contributed by atoms with van der Waals surface area (Å²) in [6.45, 7) is 1.70. The second kappa shape index (κ2) is 4.99. The fourth-order valence-electron chi connectivity index (χ4n) is 2.23. The van der Waals surface area contributed by atoms with Gasteiger partial charge in [0.05, 0.1) is 11.2 Å². The van der Waals surface area contributed by atoms with Crippen molar-refractivity contribution in [1.29, 1.82) is 0 Å². The van der Waals surface area contributed by atoms with Crippen molar-refractivity contribution in [3.8, 4) is 22.2 Å². The molecule has 0 bridgehead atoms. The Kier molecular flexibility index (Phi) is 2.95. The van der Waals surface area contributed by atoms with E-state index in [1.807, 2.05) is 0 Å². The number of nitro benzene ring substituents is 1. The first-order valence-electron chi connectivity index (χ1n) is 6.65. The number of aromatic nitrogens is 4. The van der Waals surface area contributed by atoms with Crippen molar-refractivity contribution in [3.63, 3.8) is 0 Å². The van der Waals surface area contributed by atoms with Gasteiger partial charge in [-0.2, -0.15) is 9.61 Å². The smallest absolute Gasteiger partial charge is 0.273 e. The van der Waals surface area contributed by atoms with Gasteiger partial charge in [-0.05, 0) is 19.1 Å². The number of fused-ring (bicyclic) bond motifs is 1. The summed E-state index contributed by atoms with van der Waals surface area (Å²) in [6, 6.07) is 8.57. The van der Waals surface area contributed by atoms with E-state index in [0.29, 0.717) is 32.7 Å². The van der Waals surface area contributed by atoms with E-state index in [1.165, 1.54) is 17.4 Å². The highest BCUT2D eigenvalue weighted by Crippen LogP contribution is 2.31. The van der Waals surface area contributed by atoms with E-state index in [-0.39, 0.29) is 5.69 Å². The summed E-state index contributed by atoms with van der Waals surface area (Å²) in [4.78, 5) is 11.3. The standard InChI is InChI=1S/C14H9N5O3S/c1-8-4-5-9(7-10(8)19(20)21)13-17-18-12(11-3-2-6-22-11)15-16-14(18)23-13/h2-7H,1H3. The average Bonchev–Trinajstić information content (AvgIpc) is 3.23. The maximum absolute atomic E-state index is 11.1. The van der Waals surface area contributed by atoms with Crippen LogP contribution in [0.3, 0.4) is 0 Å². The van der Waals surface area contributed by atoms with Crippen molar-refractivity contribution in [1.82, 2.24) is 19.8 Å². The van der Waals surface area contributed by atoms with Crippen molar-refractivity contribution in [2.75, 3.05) is 0 Å². The van der Waals surface area contributed by atoms with Crippen LogP contribution in [0.1, 0.15) is 5.56 Å². The highest BCUT2D eigenvalue weighted by atomic mass is 32.1. The van der Waals surface area contributed by atoms with Crippen molar-refractivity contribution < 1.29 is 9.34 Å². The van der Waals surface area contributed by atoms with E-state index in [2.05, 4.69) is 15.3 Å². The Hall–Kier alpha value is -3.07. The highest BCUT2D eigenvalue weighted by molar-refractivity contribution is 7.19. The van der Waals surface area contributed by atoms with Crippen LogP contribution in [0.4, 0.5) is 5.69 Å². The molecule has 0 fully saturated rings. The fraction of sp³-hybridized carbons (Fsp3) is 0.0714. The van der Waals surface area contributed by atoms with Gasteiger partial charge >= 0.3 is 0 Å². The zero-order valence-corrected chi connectivity index (χ0v) is 12.6. The van der Waals surface area contributed by atoms with Crippen LogP contribution in [-0.4, -0.2) is 24.7 Å². The summed E-state index contributed by atoms with van der Waals surface area (Å²) in [5, 5.41) is 24.3. The van der Waals surface area contributed by atoms with E-state index >= 15 is 0 Å². The molecule has 8 nitrogen and oxygen atoms in total. The van der Waals surface area contributed by atoms with Crippen molar-refractivity contribution in [2.24, 2.45) is 0 Å². The number of rotatable bonds is 3. The third-order valence-electron chi connectivity index (χ3n) is 3.39. The Balaban J connectivity index is 1.84. The maximum Gasteiger partial charge on any atom is 0.273 e. The summed E-state index contributed by atoms with van der Waals surface area (Å²) in [6.07, 6.45) is 1.55. The van der Waals surface area contributed by atoms with Gasteiger partial charge in [-0.1, -0.05) is 23.5 Å². The number of benzene rings is 1. The molecule has 0 aliphatic rings. The van der Waals surface area contributed by atoms with E-state index in [0.717, 1.165) is 0 Å². The minimum absolute atomic E-state index is 0.0692. The lowest BCUT2D eigenvalue weighted by molar-refractivity contribution is -0.385. The minimum Gasteiger partial charge on any atom is -0.461 e. The summed E-state index contributed by atoms with van der Waals surface area (Å²) < 4.78 is 6.89. The zero-order chi connectivity index (χ0) is 16.0. The number of furan rings is 1. The van der Waals surface area contributed by atoms with Crippen LogP contribution in [-0.2, 0) is 0 Å². The van der Waals surface area contributed by atoms with Crippen LogP contribution in [0, 0.1) is 17.0 Å². The van der Waals surface area contributed by atoms with Gasteiger partial charge in [-0.3, -0.25) is 10.1 Å². The van der Waals surface area contributed by atoms with Gasteiger partial charge in [0.15, 0.2) is 5.76 Å². The Morgan fingerprint density at radius 3 is 2.91 bits per heavy atom. The monoisotopic (exact) mass is 327 g/mol. The molecule has 3 heterocycles. The third-order valence-corrected chi connectivity index (χ3v) is 4.33. The van der Waals surface area contributed by atoms with Gasteiger partial charge in [0.1, 0.15) is 5.01 Å². The van der Waals surface area contributed by atoms with Crippen LogP contribution < -0.4 is 0 Å². The molecule has 4 rings (SSSR count). The summed E-state index contributed by atoms with van der Waals surface area (Å²) in [5.74, 6) is 1.05. The second-order valence-corrected chi connectivity index (χ2v) is 5.82. The Labute approximate surface area is 133 Å². The average molecular weight is 327 g/mol. The largest absolute Gasteiger partial charge is 0.461 e. The molecule has 0 spiro atoms. The van der Waals surface area contributed by atoms with Gasteiger partial charge in [-0.25, -0.2) is 0 Å². The molecular formula is C14H9N5O3S.